The Balaban J connectivity index is 2.38. The molecule has 2 aromatic heterocycles. The molecule has 20 heavy (non-hydrogen) atoms. The van der Waals surface area contributed by atoms with E-state index in [1.165, 1.54) is 18.5 Å². The predicted octanol–water partition coefficient (Wildman–Crippen LogP) is 2.18. The molecule has 0 aliphatic heterocycles. The highest BCUT2D eigenvalue weighted by Gasteiger charge is 2.11. The largest absolute Gasteiger partial charge is 0.478 e. The van der Waals surface area contributed by atoms with Crippen LogP contribution in [0.15, 0.2) is 36.8 Å². The molecule has 0 aliphatic rings. The zero-order chi connectivity index (χ0) is 14.3. The van der Waals surface area contributed by atoms with Crippen molar-refractivity contribution in [1.82, 2.24) is 9.97 Å². The van der Waals surface area contributed by atoms with Gasteiger partial charge in [-0.25, -0.2) is 9.59 Å². The van der Waals surface area contributed by atoms with Crippen LogP contribution in [-0.4, -0.2) is 32.1 Å². The molecule has 0 atom stereocenters. The van der Waals surface area contributed by atoms with Crippen molar-refractivity contribution >= 4 is 33.6 Å². The molecule has 2 heterocycles. The van der Waals surface area contributed by atoms with E-state index in [1.807, 2.05) is 0 Å². The summed E-state index contributed by atoms with van der Waals surface area (Å²) in [5, 5.41) is 19.8. The third-order valence-corrected chi connectivity index (χ3v) is 3.04. The van der Waals surface area contributed by atoms with Crippen LogP contribution < -0.4 is 0 Å². The number of fused-ring (bicyclic) bond motifs is 2. The molecule has 6 heteroatoms. The minimum Gasteiger partial charge on any atom is -0.478 e. The Hall–Kier alpha value is -3.02. The number of nitrogens with zero attached hydrogens (tertiary/aromatic N) is 2. The minimum atomic E-state index is -1.08. The average molecular weight is 268 g/mol. The Labute approximate surface area is 112 Å². The summed E-state index contributed by atoms with van der Waals surface area (Å²) in [7, 11) is 0. The highest BCUT2D eigenvalue weighted by atomic mass is 16.4. The number of hydrogen-bond donors (Lipinski definition) is 2. The van der Waals surface area contributed by atoms with E-state index in [9.17, 15) is 9.59 Å². The molecule has 98 valence electrons. The number of benzene rings is 1. The number of rotatable bonds is 2. The van der Waals surface area contributed by atoms with Gasteiger partial charge in [0.05, 0.1) is 16.6 Å². The van der Waals surface area contributed by atoms with Crippen molar-refractivity contribution in [2.24, 2.45) is 0 Å². The lowest BCUT2D eigenvalue weighted by atomic mass is 10.0. The average Bonchev–Trinajstić information content (AvgIpc) is 2.43. The van der Waals surface area contributed by atoms with Crippen molar-refractivity contribution < 1.29 is 19.8 Å². The van der Waals surface area contributed by atoms with Crippen LogP contribution in [0.3, 0.4) is 0 Å². The summed E-state index contributed by atoms with van der Waals surface area (Å²) >= 11 is 0. The first-order valence-electron chi connectivity index (χ1n) is 5.70. The second kappa shape index (κ2) is 4.27. The summed E-state index contributed by atoms with van der Waals surface area (Å²) in [4.78, 5) is 30.1. The number of hydrogen-bond acceptors (Lipinski definition) is 4. The summed E-state index contributed by atoms with van der Waals surface area (Å²) in [5.41, 5.74) is 0.722. The van der Waals surface area contributed by atoms with Gasteiger partial charge in [-0.3, -0.25) is 9.97 Å². The van der Waals surface area contributed by atoms with Crippen LogP contribution >= 0.6 is 0 Å². The van der Waals surface area contributed by atoms with E-state index < -0.39 is 11.9 Å². The lowest BCUT2D eigenvalue weighted by molar-refractivity contribution is 0.0686. The monoisotopic (exact) mass is 268 g/mol. The lowest BCUT2D eigenvalue weighted by Crippen LogP contribution is -2.00. The molecular formula is C14H8N2O4. The molecule has 0 fully saturated rings. The van der Waals surface area contributed by atoms with Crippen LogP contribution in [0.4, 0.5) is 0 Å². The predicted molar refractivity (Wildman–Crippen MR) is 71.0 cm³/mol. The zero-order valence-corrected chi connectivity index (χ0v) is 10.1. The summed E-state index contributed by atoms with van der Waals surface area (Å²) < 4.78 is 0. The highest BCUT2D eigenvalue weighted by molar-refractivity contribution is 6.07. The number of carboxylic acid groups (broad SMARTS) is 2. The highest BCUT2D eigenvalue weighted by Crippen LogP contribution is 2.24. The zero-order valence-electron chi connectivity index (χ0n) is 10.1. The molecule has 0 spiro atoms. The van der Waals surface area contributed by atoms with Gasteiger partial charge in [0.25, 0.3) is 0 Å². The standard InChI is InChI=1S/C14H8N2O4/c17-13(18)9-1-7-2-10-8(3-12(7)16-5-9)4-15-6-11(10)14(19)20/h1-6H,(H,17,18)(H,19,20). The molecule has 0 bridgehead atoms. The SMILES string of the molecule is O=C(O)c1cnc2cc3cncc(C(=O)O)c3cc2c1. The maximum Gasteiger partial charge on any atom is 0.337 e. The van der Waals surface area contributed by atoms with Gasteiger partial charge >= 0.3 is 11.9 Å². The minimum absolute atomic E-state index is 0.0581. The van der Waals surface area contributed by atoms with E-state index in [2.05, 4.69) is 9.97 Å². The number of aromatic carboxylic acids is 2. The van der Waals surface area contributed by atoms with Crippen LogP contribution in [0.25, 0.3) is 21.7 Å². The van der Waals surface area contributed by atoms with Gasteiger partial charge in [0.1, 0.15) is 0 Å². The third kappa shape index (κ3) is 1.83. The molecule has 0 radical (unpaired) electrons. The van der Waals surface area contributed by atoms with Gasteiger partial charge < -0.3 is 10.2 Å². The molecular weight excluding hydrogens is 260 g/mol. The molecule has 2 N–H and O–H groups in total. The third-order valence-electron chi connectivity index (χ3n) is 3.04. The lowest BCUT2D eigenvalue weighted by Gasteiger charge is -2.05. The van der Waals surface area contributed by atoms with E-state index in [0.29, 0.717) is 21.7 Å². The number of pyridine rings is 2. The van der Waals surface area contributed by atoms with Gasteiger partial charge in [0.15, 0.2) is 0 Å². The quantitative estimate of drug-likeness (QED) is 0.691. The Morgan fingerprint density at radius 2 is 1.70 bits per heavy atom. The van der Waals surface area contributed by atoms with E-state index in [0.717, 1.165) is 0 Å². The van der Waals surface area contributed by atoms with E-state index in [4.69, 9.17) is 10.2 Å². The van der Waals surface area contributed by atoms with E-state index in [1.54, 1.807) is 18.3 Å². The van der Waals surface area contributed by atoms with Gasteiger partial charge in [-0.1, -0.05) is 0 Å². The number of aromatic nitrogens is 2. The van der Waals surface area contributed by atoms with Gasteiger partial charge in [-0.05, 0) is 18.2 Å². The van der Waals surface area contributed by atoms with E-state index in [-0.39, 0.29) is 11.1 Å². The second-order valence-electron chi connectivity index (χ2n) is 4.29. The normalized spacial score (nSPS) is 10.8. The van der Waals surface area contributed by atoms with Gasteiger partial charge in [-0.15, -0.1) is 0 Å². The summed E-state index contributed by atoms with van der Waals surface area (Å²) in [6, 6.07) is 4.78. The molecule has 1 aromatic carbocycles. The maximum absolute atomic E-state index is 11.2. The van der Waals surface area contributed by atoms with Gasteiger partial charge in [0.2, 0.25) is 0 Å². The van der Waals surface area contributed by atoms with Crippen molar-refractivity contribution in [3.63, 3.8) is 0 Å². The Kier molecular flexibility index (Phi) is 2.57. The smallest absolute Gasteiger partial charge is 0.337 e. The Morgan fingerprint density at radius 3 is 2.40 bits per heavy atom. The summed E-state index contributed by atoms with van der Waals surface area (Å²) in [5.74, 6) is -2.16. The van der Waals surface area contributed by atoms with E-state index >= 15 is 0 Å². The van der Waals surface area contributed by atoms with Crippen molar-refractivity contribution in [2.75, 3.05) is 0 Å². The van der Waals surface area contributed by atoms with Crippen molar-refractivity contribution in [2.45, 2.75) is 0 Å². The molecule has 0 saturated carbocycles. The molecule has 0 unspecified atom stereocenters. The van der Waals surface area contributed by atoms with Crippen LogP contribution in [0.2, 0.25) is 0 Å². The van der Waals surface area contributed by atoms with Crippen LogP contribution in [0.5, 0.6) is 0 Å². The Bertz CT molecular complexity index is 874. The van der Waals surface area contributed by atoms with Crippen molar-refractivity contribution in [1.29, 1.82) is 0 Å². The van der Waals surface area contributed by atoms with Crippen molar-refractivity contribution in [3.05, 3.63) is 47.9 Å². The molecule has 0 aliphatic carbocycles. The molecule has 3 aromatic rings. The fourth-order valence-corrected chi connectivity index (χ4v) is 2.08. The first kappa shape index (κ1) is 12.0. The molecule has 3 rings (SSSR count). The van der Waals surface area contributed by atoms with Crippen LogP contribution in [0.1, 0.15) is 20.7 Å². The van der Waals surface area contributed by atoms with Crippen molar-refractivity contribution in [3.8, 4) is 0 Å². The first-order chi connectivity index (χ1) is 9.56. The first-order valence-corrected chi connectivity index (χ1v) is 5.70. The topological polar surface area (TPSA) is 100 Å². The fourth-order valence-electron chi connectivity index (χ4n) is 2.08. The maximum atomic E-state index is 11.2. The Morgan fingerprint density at radius 1 is 0.900 bits per heavy atom. The second-order valence-corrected chi connectivity index (χ2v) is 4.29. The van der Waals surface area contributed by atoms with Gasteiger partial charge in [0, 0.05) is 34.7 Å². The van der Waals surface area contributed by atoms with Gasteiger partial charge in [-0.2, -0.15) is 0 Å². The fraction of sp³-hybridized carbons (Fsp3) is 0. The summed E-state index contributed by atoms with van der Waals surface area (Å²) in [6.07, 6.45) is 4.09. The molecule has 0 saturated heterocycles. The summed E-state index contributed by atoms with van der Waals surface area (Å²) in [6.45, 7) is 0. The van der Waals surface area contributed by atoms with Crippen LogP contribution in [-0.2, 0) is 0 Å². The van der Waals surface area contributed by atoms with Crippen LogP contribution in [0, 0.1) is 0 Å². The molecule has 0 amide bonds. The molecule has 6 nitrogen and oxygen atoms in total. The number of carbonyl (C=O) groups is 2. The number of carboxylic acids is 2.